The Morgan fingerprint density at radius 3 is 2.82 bits per heavy atom. The second-order valence-corrected chi connectivity index (χ2v) is 2.20. The van der Waals surface area contributed by atoms with E-state index < -0.39 is 24.1 Å². The average molecular weight is 160 g/mol. The monoisotopic (exact) mass is 160 g/mol. The molecule has 0 bridgehead atoms. The van der Waals surface area contributed by atoms with Crippen molar-refractivity contribution in [2.24, 2.45) is 0 Å². The van der Waals surface area contributed by atoms with Crippen molar-refractivity contribution in [2.75, 3.05) is 7.11 Å². The summed E-state index contributed by atoms with van der Waals surface area (Å²) in [6.45, 7) is 0. The highest BCUT2D eigenvalue weighted by Gasteiger charge is 2.37. The topological polar surface area (TPSA) is 72.8 Å². The normalized spacial score (nSPS) is 29.8. The van der Waals surface area contributed by atoms with Crippen LogP contribution < -0.4 is 0 Å². The fourth-order valence-corrected chi connectivity index (χ4v) is 0.842. The van der Waals surface area contributed by atoms with Crippen LogP contribution in [-0.4, -0.2) is 36.4 Å². The standard InChI is InChI=1S/C6H8O5/c1-10-6(9)4-2-3(7)5(8)11-4/h3-4,7H,2H2,1H3/t3-,4+/m1/s1. The fraction of sp³-hybridized carbons (Fsp3) is 0.667. The number of hydrogen-bond acceptors (Lipinski definition) is 5. The molecule has 1 aliphatic heterocycles. The third-order valence-corrected chi connectivity index (χ3v) is 1.43. The molecule has 1 saturated heterocycles. The largest absolute Gasteiger partial charge is 0.466 e. The first-order valence-electron chi connectivity index (χ1n) is 3.11. The molecule has 1 fully saturated rings. The van der Waals surface area contributed by atoms with E-state index in [0.29, 0.717) is 0 Å². The number of ether oxygens (including phenoxy) is 2. The van der Waals surface area contributed by atoms with Crippen molar-refractivity contribution in [1.82, 2.24) is 0 Å². The van der Waals surface area contributed by atoms with Gasteiger partial charge < -0.3 is 14.6 Å². The molecule has 0 radical (unpaired) electrons. The minimum Gasteiger partial charge on any atom is -0.466 e. The minimum absolute atomic E-state index is 0.00843. The van der Waals surface area contributed by atoms with Crippen LogP contribution in [0.2, 0.25) is 0 Å². The maximum absolute atomic E-state index is 10.7. The molecular formula is C6H8O5. The Bertz CT molecular complexity index is 187. The zero-order valence-corrected chi connectivity index (χ0v) is 5.94. The molecule has 1 heterocycles. The minimum atomic E-state index is -1.18. The number of esters is 2. The zero-order valence-electron chi connectivity index (χ0n) is 5.94. The second-order valence-electron chi connectivity index (χ2n) is 2.20. The maximum atomic E-state index is 10.7. The lowest BCUT2D eigenvalue weighted by Gasteiger charge is -2.03. The summed E-state index contributed by atoms with van der Waals surface area (Å²) in [4.78, 5) is 21.2. The summed E-state index contributed by atoms with van der Waals surface area (Å²) < 4.78 is 8.77. The second kappa shape index (κ2) is 2.87. The van der Waals surface area contributed by atoms with Gasteiger partial charge in [0.05, 0.1) is 7.11 Å². The molecule has 1 aliphatic rings. The molecule has 0 aromatic rings. The van der Waals surface area contributed by atoms with Gasteiger partial charge in [-0.1, -0.05) is 0 Å². The van der Waals surface area contributed by atoms with E-state index >= 15 is 0 Å². The SMILES string of the molecule is COC(=O)[C@@H]1C[C@@H](O)C(=O)O1. The lowest BCUT2D eigenvalue weighted by Crippen LogP contribution is -2.21. The Balaban J connectivity index is 2.53. The van der Waals surface area contributed by atoms with Crippen molar-refractivity contribution in [2.45, 2.75) is 18.6 Å². The van der Waals surface area contributed by atoms with Gasteiger partial charge in [0, 0.05) is 6.42 Å². The molecule has 1 rings (SSSR count). The van der Waals surface area contributed by atoms with Crippen molar-refractivity contribution >= 4 is 11.9 Å². The molecule has 0 spiro atoms. The van der Waals surface area contributed by atoms with Gasteiger partial charge in [-0.3, -0.25) is 0 Å². The first-order valence-corrected chi connectivity index (χ1v) is 3.11. The van der Waals surface area contributed by atoms with Crippen LogP contribution in [0.25, 0.3) is 0 Å². The number of aliphatic hydroxyl groups excluding tert-OH is 1. The molecule has 0 aromatic carbocycles. The van der Waals surface area contributed by atoms with E-state index in [1.54, 1.807) is 0 Å². The van der Waals surface area contributed by atoms with Gasteiger partial charge in [-0.2, -0.15) is 0 Å². The first kappa shape index (κ1) is 8.00. The summed E-state index contributed by atoms with van der Waals surface area (Å²) in [6.07, 6.45) is -2.12. The molecule has 1 N–H and O–H groups in total. The van der Waals surface area contributed by atoms with Crippen molar-refractivity contribution < 1.29 is 24.2 Å². The molecule has 0 amide bonds. The first-order chi connectivity index (χ1) is 5.15. The van der Waals surface area contributed by atoms with E-state index in [0.717, 1.165) is 0 Å². The summed E-state index contributed by atoms with van der Waals surface area (Å²) >= 11 is 0. The Morgan fingerprint density at radius 1 is 1.82 bits per heavy atom. The number of methoxy groups -OCH3 is 1. The smallest absolute Gasteiger partial charge is 0.347 e. The molecule has 5 nitrogen and oxygen atoms in total. The fourth-order valence-electron chi connectivity index (χ4n) is 0.842. The lowest BCUT2D eigenvalue weighted by atomic mass is 10.2. The highest BCUT2D eigenvalue weighted by molar-refractivity contribution is 5.85. The van der Waals surface area contributed by atoms with Crippen molar-refractivity contribution in [3.63, 3.8) is 0 Å². The van der Waals surface area contributed by atoms with Gasteiger partial charge in [0.15, 0.2) is 6.10 Å². The Labute approximate surface area is 62.9 Å². The zero-order chi connectivity index (χ0) is 8.43. The van der Waals surface area contributed by atoms with Crippen LogP contribution in [-0.2, 0) is 19.1 Å². The van der Waals surface area contributed by atoms with Gasteiger partial charge in [-0.25, -0.2) is 9.59 Å². The number of carbonyl (C=O) groups is 2. The molecule has 11 heavy (non-hydrogen) atoms. The van der Waals surface area contributed by atoms with Gasteiger partial charge in [-0.05, 0) is 0 Å². The molecule has 0 saturated carbocycles. The molecule has 62 valence electrons. The van der Waals surface area contributed by atoms with E-state index in [-0.39, 0.29) is 6.42 Å². The van der Waals surface area contributed by atoms with Crippen molar-refractivity contribution in [3.05, 3.63) is 0 Å². The van der Waals surface area contributed by atoms with E-state index in [4.69, 9.17) is 5.11 Å². The number of carbonyl (C=O) groups excluding carboxylic acids is 2. The molecular weight excluding hydrogens is 152 g/mol. The van der Waals surface area contributed by atoms with Crippen LogP contribution in [0.3, 0.4) is 0 Å². The third-order valence-electron chi connectivity index (χ3n) is 1.43. The van der Waals surface area contributed by atoms with Gasteiger partial charge in [-0.15, -0.1) is 0 Å². The Kier molecular flexibility index (Phi) is 2.09. The van der Waals surface area contributed by atoms with Crippen LogP contribution in [0.4, 0.5) is 0 Å². The van der Waals surface area contributed by atoms with Crippen LogP contribution in [0, 0.1) is 0 Å². The van der Waals surface area contributed by atoms with Crippen molar-refractivity contribution in [3.8, 4) is 0 Å². The van der Waals surface area contributed by atoms with Gasteiger partial charge >= 0.3 is 11.9 Å². The van der Waals surface area contributed by atoms with Crippen molar-refractivity contribution in [1.29, 1.82) is 0 Å². The summed E-state index contributed by atoms with van der Waals surface area (Å²) in [7, 11) is 1.20. The van der Waals surface area contributed by atoms with Gasteiger partial charge in [0.2, 0.25) is 6.10 Å². The van der Waals surface area contributed by atoms with Crippen LogP contribution in [0.1, 0.15) is 6.42 Å². The maximum Gasteiger partial charge on any atom is 0.347 e. The quantitative estimate of drug-likeness (QED) is 0.489. The number of rotatable bonds is 1. The summed E-state index contributed by atoms with van der Waals surface area (Å²) in [5, 5.41) is 8.83. The average Bonchev–Trinajstić information content (AvgIpc) is 2.31. The summed E-state index contributed by atoms with van der Waals surface area (Å²) in [5.74, 6) is -1.39. The molecule has 0 aliphatic carbocycles. The predicted molar refractivity (Wildman–Crippen MR) is 32.5 cm³/mol. The predicted octanol–water partition coefficient (Wildman–Crippen LogP) is -1.16. The Hall–Kier alpha value is -1.10. The number of cyclic esters (lactones) is 1. The molecule has 0 unspecified atom stereocenters. The van der Waals surface area contributed by atoms with E-state index in [1.165, 1.54) is 7.11 Å². The highest BCUT2D eigenvalue weighted by Crippen LogP contribution is 2.15. The number of aliphatic hydroxyl groups is 1. The van der Waals surface area contributed by atoms with Gasteiger partial charge in [0.25, 0.3) is 0 Å². The van der Waals surface area contributed by atoms with E-state index in [2.05, 4.69) is 9.47 Å². The van der Waals surface area contributed by atoms with Gasteiger partial charge in [0.1, 0.15) is 0 Å². The van der Waals surface area contributed by atoms with Crippen LogP contribution in [0.15, 0.2) is 0 Å². The van der Waals surface area contributed by atoms with Crippen LogP contribution in [0.5, 0.6) is 0 Å². The highest BCUT2D eigenvalue weighted by atomic mass is 16.6. The van der Waals surface area contributed by atoms with E-state index in [9.17, 15) is 9.59 Å². The molecule has 5 heteroatoms. The summed E-state index contributed by atoms with van der Waals surface area (Å²) in [5.41, 5.74) is 0. The van der Waals surface area contributed by atoms with Crippen LogP contribution >= 0.6 is 0 Å². The third kappa shape index (κ3) is 1.48. The Morgan fingerprint density at radius 2 is 2.45 bits per heavy atom. The summed E-state index contributed by atoms with van der Waals surface area (Å²) in [6, 6.07) is 0. The number of hydrogen-bond donors (Lipinski definition) is 1. The van der Waals surface area contributed by atoms with E-state index in [1.807, 2.05) is 0 Å². The molecule has 2 atom stereocenters. The molecule has 0 aromatic heterocycles. The lowest BCUT2D eigenvalue weighted by molar-refractivity contribution is -0.160.